The highest BCUT2D eigenvalue weighted by Gasteiger charge is 2.51. The lowest BCUT2D eigenvalue weighted by Gasteiger charge is -2.18. The third-order valence-corrected chi connectivity index (χ3v) is 6.53. The van der Waals surface area contributed by atoms with Gasteiger partial charge in [-0.15, -0.1) is 0 Å². The van der Waals surface area contributed by atoms with Crippen LogP contribution in [0, 0.1) is 6.92 Å². The van der Waals surface area contributed by atoms with Crippen molar-refractivity contribution in [2.75, 3.05) is 11.9 Å². The van der Waals surface area contributed by atoms with E-state index >= 15 is 0 Å². The van der Waals surface area contributed by atoms with Crippen molar-refractivity contribution < 1.29 is 23.1 Å². The molecule has 2 aromatic carbocycles. The van der Waals surface area contributed by atoms with E-state index in [1.54, 1.807) is 35.3 Å². The van der Waals surface area contributed by atoms with E-state index in [0.29, 0.717) is 30.6 Å². The Hall–Kier alpha value is -3.72. The van der Waals surface area contributed by atoms with Gasteiger partial charge in [-0.2, -0.15) is 18.3 Å². The topological polar surface area (TPSA) is 80.0 Å². The molecular formula is C26H23F3N4O2. The van der Waals surface area contributed by atoms with E-state index in [-0.39, 0.29) is 12.5 Å². The van der Waals surface area contributed by atoms with Gasteiger partial charge in [0.15, 0.2) is 0 Å². The number of amides is 1. The fourth-order valence-corrected chi connectivity index (χ4v) is 4.54. The molecule has 2 heterocycles. The number of carbonyl (C=O) groups excluding carboxylic acids is 1. The van der Waals surface area contributed by atoms with E-state index in [4.69, 9.17) is 0 Å². The van der Waals surface area contributed by atoms with Crippen molar-refractivity contribution in [3.8, 4) is 11.1 Å². The van der Waals surface area contributed by atoms with E-state index in [1.807, 2.05) is 19.1 Å². The highest BCUT2D eigenvalue weighted by atomic mass is 19.4. The van der Waals surface area contributed by atoms with Crippen LogP contribution in [0.3, 0.4) is 0 Å². The van der Waals surface area contributed by atoms with Gasteiger partial charge in [-0.25, -0.2) is 0 Å². The minimum Gasteiger partial charge on any atom is -0.394 e. The van der Waals surface area contributed by atoms with Gasteiger partial charge in [-0.3, -0.25) is 14.5 Å². The van der Waals surface area contributed by atoms with Crippen molar-refractivity contribution in [1.82, 2.24) is 14.8 Å². The zero-order valence-electron chi connectivity index (χ0n) is 18.9. The van der Waals surface area contributed by atoms with Gasteiger partial charge in [-0.1, -0.05) is 30.3 Å². The van der Waals surface area contributed by atoms with Crippen LogP contribution < -0.4 is 5.32 Å². The Morgan fingerprint density at radius 3 is 2.54 bits per heavy atom. The van der Waals surface area contributed by atoms with Crippen LogP contribution in [0.1, 0.15) is 29.7 Å². The molecule has 0 unspecified atom stereocenters. The number of pyridine rings is 1. The summed E-state index contributed by atoms with van der Waals surface area (Å²) in [5, 5.41) is 17.6. The van der Waals surface area contributed by atoms with Gasteiger partial charge >= 0.3 is 6.18 Å². The SMILES string of the molecule is Cc1nn(CCO)c2cncc(-c3ccc(NC(=O)C4(c5cccc(C(F)(F)F)c5)CC4)cc3)c12. The number of fused-ring (bicyclic) bond motifs is 1. The third kappa shape index (κ3) is 4.16. The van der Waals surface area contributed by atoms with E-state index in [0.717, 1.165) is 39.9 Å². The van der Waals surface area contributed by atoms with Crippen LogP contribution in [0.4, 0.5) is 18.9 Å². The Labute approximate surface area is 199 Å². The zero-order chi connectivity index (χ0) is 24.8. The van der Waals surface area contributed by atoms with E-state index in [9.17, 15) is 23.1 Å². The third-order valence-electron chi connectivity index (χ3n) is 6.53. The average Bonchev–Trinajstić information content (AvgIpc) is 3.60. The van der Waals surface area contributed by atoms with Crippen LogP contribution in [0.25, 0.3) is 22.0 Å². The minimum absolute atomic E-state index is 0.0309. The highest BCUT2D eigenvalue weighted by Crippen LogP contribution is 2.50. The first-order chi connectivity index (χ1) is 16.7. The molecule has 4 aromatic rings. The predicted octanol–water partition coefficient (Wildman–Crippen LogP) is 5.09. The second-order valence-electron chi connectivity index (χ2n) is 8.81. The number of aliphatic hydroxyl groups is 1. The number of aliphatic hydroxyl groups excluding tert-OH is 1. The van der Waals surface area contributed by atoms with Crippen molar-refractivity contribution in [3.05, 3.63) is 77.7 Å². The molecular weight excluding hydrogens is 457 g/mol. The van der Waals surface area contributed by atoms with Gasteiger partial charge < -0.3 is 10.4 Å². The smallest absolute Gasteiger partial charge is 0.394 e. The first-order valence-electron chi connectivity index (χ1n) is 11.2. The summed E-state index contributed by atoms with van der Waals surface area (Å²) in [4.78, 5) is 17.4. The van der Waals surface area contributed by atoms with Crippen molar-refractivity contribution in [1.29, 1.82) is 0 Å². The normalized spacial score (nSPS) is 14.8. The number of carbonyl (C=O) groups is 1. The Bertz CT molecular complexity index is 1410. The molecule has 9 heteroatoms. The van der Waals surface area contributed by atoms with Gasteiger partial charge in [0.25, 0.3) is 0 Å². The van der Waals surface area contributed by atoms with Crippen molar-refractivity contribution in [3.63, 3.8) is 0 Å². The van der Waals surface area contributed by atoms with Gasteiger partial charge in [-0.05, 0) is 49.1 Å². The largest absolute Gasteiger partial charge is 0.416 e. The molecule has 0 spiro atoms. The molecule has 0 bridgehead atoms. The summed E-state index contributed by atoms with van der Waals surface area (Å²) in [6.45, 7) is 2.24. The Balaban J connectivity index is 1.39. The number of hydrogen-bond donors (Lipinski definition) is 2. The van der Waals surface area contributed by atoms with Gasteiger partial charge in [0.05, 0.1) is 41.5 Å². The summed E-state index contributed by atoms with van der Waals surface area (Å²) in [5.41, 5.74) is 2.66. The van der Waals surface area contributed by atoms with Crippen molar-refractivity contribution in [2.24, 2.45) is 0 Å². The molecule has 180 valence electrons. The fraction of sp³-hybridized carbons (Fsp3) is 0.269. The van der Waals surface area contributed by atoms with Crippen molar-refractivity contribution >= 4 is 22.5 Å². The summed E-state index contributed by atoms with van der Waals surface area (Å²) >= 11 is 0. The van der Waals surface area contributed by atoms with Crippen LogP contribution in [0.2, 0.25) is 0 Å². The molecule has 1 aliphatic carbocycles. The first kappa shape index (κ1) is 23.0. The molecule has 5 rings (SSSR count). The van der Waals surface area contributed by atoms with Gasteiger partial charge in [0.1, 0.15) is 0 Å². The Morgan fingerprint density at radius 1 is 1.14 bits per heavy atom. The number of aryl methyl sites for hydroxylation is 1. The fourth-order valence-electron chi connectivity index (χ4n) is 4.54. The lowest BCUT2D eigenvalue weighted by molar-refractivity contribution is -0.137. The number of nitrogens with zero attached hydrogens (tertiary/aromatic N) is 3. The molecule has 35 heavy (non-hydrogen) atoms. The van der Waals surface area contributed by atoms with Gasteiger partial charge in [0.2, 0.25) is 5.91 Å². The molecule has 1 fully saturated rings. The van der Waals surface area contributed by atoms with E-state index < -0.39 is 17.2 Å². The van der Waals surface area contributed by atoms with Crippen LogP contribution in [0.5, 0.6) is 0 Å². The van der Waals surface area contributed by atoms with Crippen LogP contribution in [-0.2, 0) is 22.9 Å². The molecule has 1 saturated carbocycles. The summed E-state index contributed by atoms with van der Waals surface area (Å²) in [6, 6.07) is 12.3. The van der Waals surface area contributed by atoms with Crippen LogP contribution >= 0.6 is 0 Å². The Kier molecular flexibility index (Phi) is 5.59. The van der Waals surface area contributed by atoms with E-state index in [2.05, 4.69) is 15.4 Å². The number of rotatable bonds is 6. The molecule has 1 amide bonds. The molecule has 0 aliphatic heterocycles. The quantitative estimate of drug-likeness (QED) is 0.403. The standard InChI is InChI=1S/C26H23F3N4O2/c1-16-23-21(14-30-15-22(23)33(32-16)11-12-34)17-5-7-20(8-6-17)31-24(35)25(9-10-25)18-3-2-4-19(13-18)26(27,28)29/h2-8,13-15,34H,9-12H2,1H3,(H,31,35). The highest BCUT2D eigenvalue weighted by molar-refractivity contribution is 6.02. The molecule has 1 aliphatic rings. The predicted molar refractivity (Wildman–Crippen MR) is 126 cm³/mol. The molecule has 0 atom stereocenters. The lowest BCUT2D eigenvalue weighted by atomic mass is 9.93. The molecule has 0 radical (unpaired) electrons. The van der Waals surface area contributed by atoms with E-state index in [1.165, 1.54) is 6.07 Å². The molecule has 6 nitrogen and oxygen atoms in total. The Morgan fingerprint density at radius 2 is 1.89 bits per heavy atom. The monoisotopic (exact) mass is 480 g/mol. The molecule has 2 N–H and O–H groups in total. The number of aromatic nitrogens is 3. The number of benzene rings is 2. The summed E-state index contributed by atoms with van der Waals surface area (Å²) in [7, 11) is 0. The minimum atomic E-state index is -4.46. The number of alkyl halides is 3. The first-order valence-corrected chi connectivity index (χ1v) is 11.2. The van der Waals surface area contributed by atoms with Gasteiger partial charge in [0, 0.05) is 22.8 Å². The number of nitrogens with one attached hydrogen (secondary N) is 1. The second-order valence-corrected chi connectivity index (χ2v) is 8.81. The maximum absolute atomic E-state index is 13.1. The van der Waals surface area contributed by atoms with Crippen molar-refractivity contribution in [2.45, 2.75) is 37.9 Å². The number of halogens is 3. The number of anilines is 1. The molecule has 2 aromatic heterocycles. The lowest BCUT2D eigenvalue weighted by Crippen LogP contribution is -2.28. The molecule has 0 saturated heterocycles. The van der Waals surface area contributed by atoms with Crippen LogP contribution in [-0.4, -0.2) is 32.4 Å². The zero-order valence-corrected chi connectivity index (χ0v) is 18.9. The number of hydrogen-bond acceptors (Lipinski definition) is 4. The summed E-state index contributed by atoms with van der Waals surface area (Å²) < 4.78 is 41.1. The second kappa shape index (κ2) is 8.49. The summed E-state index contributed by atoms with van der Waals surface area (Å²) in [5.74, 6) is -0.311. The van der Waals surface area contributed by atoms with Crippen LogP contribution in [0.15, 0.2) is 60.9 Å². The summed E-state index contributed by atoms with van der Waals surface area (Å²) in [6.07, 6.45) is 0.0156. The average molecular weight is 480 g/mol. The maximum atomic E-state index is 13.1. The maximum Gasteiger partial charge on any atom is 0.416 e.